The fraction of sp³-hybridized carbons (Fsp3) is 0.296. The van der Waals surface area contributed by atoms with Gasteiger partial charge >= 0.3 is 0 Å². The van der Waals surface area contributed by atoms with Gasteiger partial charge in [0, 0.05) is 17.4 Å². The van der Waals surface area contributed by atoms with Crippen LogP contribution in [-0.4, -0.2) is 34.8 Å². The fourth-order valence-electron chi connectivity index (χ4n) is 3.60. The quantitative estimate of drug-likeness (QED) is 0.268. The molecule has 4 rings (SSSR count). The average Bonchev–Trinajstić information content (AvgIpc) is 3.12. The number of aromatic nitrogens is 4. The molecule has 0 unspecified atom stereocenters. The summed E-state index contributed by atoms with van der Waals surface area (Å²) in [6, 6.07) is 14.7. The van der Waals surface area contributed by atoms with Gasteiger partial charge in [-0.05, 0) is 88.2 Å². The van der Waals surface area contributed by atoms with Crippen LogP contribution in [0.1, 0.15) is 42.5 Å². The monoisotopic (exact) mass is 521 g/mol. The van der Waals surface area contributed by atoms with Crippen molar-refractivity contribution >= 4 is 15.7 Å². The maximum absolute atomic E-state index is 12.8. The predicted octanol–water partition coefficient (Wildman–Crippen LogP) is 5.67. The molecule has 9 nitrogen and oxygen atoms in total. The predicted molar refractivity (Wildman–Crippen MR) is 142 cm³/mol. The molecule has 0 amide bonds. The standard InChI is InChI=1S/C27H31N5O4S/c1-6-7-16-35-23-12-14-25(15-13-23)37(33,34)31-22-8-10-24(11-9-22)36-27-17-26(28-21(5)29-27)32-20(4)18(2)19(3)30-32/h8-15,17,31H,6-7,16H2,1-5H3. The summed E-state index contributed by atoms with van der Waals surface area (Å²) >= 11 is 0. The van der Waals surface area contributed by atoms with Crippen LogP contribution in [0.25, 0.3) is 5.82 Å². The molecule has 2 aromatic carbocycles. The van der Waals surface area contributed by atoms with Crippen LogP contribution in [0.3, 0.4) is 0 Å². The van der Waals surface area contributed by atoms with Crippen LogP contribution in [0.2, 0.25) is 0 Å². The van der Waals surface area contributed by atoms with Crippen LogP contribution < -0.4 is 14.2 Å². The number of nitrogens with zero attached hydrogens (tertiary/aromatic N) is 4. The van der Waals surface area contributed by atoms with Crippen molar-refractivity contribution in [2.75, 3.05) is 11.3 Å². The summed E-state index contributed by atoms with van der Waals surface area (Å²) < 4.78 is 41.5. The highest BCUT2D eigenvalue weighted by atomic mass is 32.2. The molecule has 0 bridgehead atoms. The Bertz CT molecular complexity index is 1480. The highest BCUT2D eigenvalue weighted by molar-refractivity contribution is 7.92. The van der Waals surface area contributed by atoms with Crippen molar-refractivity contribution in [1.82, 2.24) is 19.7 Å². The highest BCUT2D eigenvalue weighted by Gasteiger charge is 2.15. The topological polar surface area (TPSA) is 108 Å². The Labute approximate surface area is 217 Å². The molecule has 4 aromatic rings. The van der Waals surface area contributed by atoms with Crippen molar-refractivity contribution < 1.29 is 17.9 Å². The molecule has 2 heterocycles. The molecule has 0 spiro atoms. The number of hydrogen-bond donors (Lipinski definition) is 1. The Morgan fingerprint density at radius 2 is 1.59 bits per heavy atom. The van der Waals surface area contributed by atoms with Gasteiger partial charge in [0.25, 0.3) is 10.0 Å². The van der Waals surface area contributed by atoms with Crippen molar-refractivity contribution in [3.05, 3.63) is 77.4 Å². The van der Waals surface area contributed by atoms with E-state index in [4.69, 9.17) is 9.47 Å². The van der Waals surface area contributed by atoms with Crippen molar-refractivity contribution in [1.29, 1.82) is 0 Å². The van der Waals surface area contributed by atoms with Gasteiger partial charge in [0.05, 0.1) is 17.2 Å². The lowest BCUT2D eigenvalue weighted by atomic mass is 10.2. The van der Waals surface area contributed by atoms with E-state index in [1.807, 2.05) is 20.8 Å². The summed E-state index contributed by atoms with van der Waals surface area (Å²) in [5.41, 5.74) is 3.45. The van der Waals surface area contributed by atoms with Crippen LogP contribution in [0, 0.1) is 27.7 Å². The Morgan fingerprint density at radius 3 is 2.22 bits per heavy atom. The first-order chi connectivity index (χ1) is 17.7. The zero-order chi connectivity index (χ0) is 26.6. The molecule has 194 valence electrons. The Morgan fingerprint density at radius 1 is 0.919 bits per heavy atom. The van der Waals surface area contributed by atoms with Gasteiger partial charge in [-0.25, -0.2) is 18.1 Å². The van der Waals surface area contributed by atoms with E-state index in [1.165, 1.54) is 12.1 Å². The van der Waals surface area contributed by atoms with E-state index in [2.05, 4.69) is 26.7 Å². The molecule has 0 saturated carbocycles. The van der Waals surface area contributed by atoms with Gasteiger partial charge in [0.1, 0.15) is 17.3 Å². The van der Waals surface area contributed by atoms with Crippen LogP contribution in [0.15, 0.2) is 59.5 Å². The normalized spacial score (nSPS) is 11.4. The molecule has 0 aliphatic heterocycles. The molecule has 10 heteroatoms. The molecule has 0 aliphatic carbocycles. The largest absolute Gasteiger partial charge is 0.494 e. The first-order valence-electron chi connectivity index (χ1n) is 12.1. The Balaban J connectivity index is 1.45. The zero-order valence-electron chi connectivity index (χ0n) is 21.6. The molecule has 37 heavy (non-hydrogen) atoms. The summed E-state index contributed by atoms with van der Waals surface area (Å²) in [7, 11) is -3.75. The smallest absolute Gasteiger partial charge is 0.261 e. The van der Waals surface area contributed by atoms with Gasteiger partial charge in [0.15, 0.2) is 5.82 Å². The highest BCUT2D eigenvalue weighted by Crippen LogP contribution is 2.26. The van der Waals surface area contributed by atoms with E-state index in [0.29, 0.717) is 41.3 Å². The second kappa shape index (κ2) is 11.0. The number of rotatable bonds is 10. The van der Waals surface area contributed by atoms with Gasteiger partial charge in [0.2, 0.25) is 5.88 Å². The van der Waals surface area contributed by atoms with E-state index < -0.39 is 10.0 Å². The number of ether oxygens (including phenoxy) is 2. The van der Waals surface area contributed by atoms with Crippen LogP contribution >= 0.6 is 0 Å². The Kier molecular flexibility index (Phi) is 7.77. The average molecular weight is 522 g/mol. The summed E-state index contributed by atoms with van der Waals surface area (Å²) in [5.74, 6) is 2.67. The molecule has 0 fully saturated rings. The second-order valence-electron chi connectivity index (χ2n) is 8.72. The molecule has 1 N–H and O–H groups in total. The van der Waals surface area contributed by atoms with Gasteiger partial charge < -0.3 is 9.47 Å². The summed E-state index contributed by atoms with van der Waals surface area (Å²) in [6.07, 6.45) is 1.98. The van der Waals surface area contributed by atoms with Gasteiger partial charge in [-0.1, -0.05) is 13.3 Å². The van der Waals surface area contributed by atoms with Crippen molar-refractivity contribution in [3.63, 3.8) is 0 Å². The molecule has 0 aliphatic rings. The summed E-state index contributed by atoms with van der Waals surface area (Å²) in [4.78, 5) is 9.01. The number of hydrogen-bond acceptors (Lipinski definition) is 7. The maximum Gasteiger partial charge on any atom is 0.261 e. The van der Waals surface area contributed by atoms with E-state index >= 15 is 0 Å². The third-order valence-electron chi connectivity index (χ3n) is 5.90. The lowest BCUT2D eigenvalue weighted by Gasteiger charge is -2.11. The molecule has 0 saturated heterocycles. The Hall–Kier alpha value is -3.92. The van der Waals surface area contributed by atoms with E-state index in [-0.39, 0.29) is 4.90 Å². The van der Waals surface area contributed by atoms with Crippen LogP contribution in [0.4, 0.5) is 5.69 Å². The van der Waals surface area contributed by atoms with Crippen molar-refractivity contribution in [2.45, 2.75) is 52.4 Å². The number of aryl methyl sites for hydroxylation is 2. The zero-order valence-corrected chi connectivity index (χ0v) is 22.5. The first-order valence-corrected chi connectivity index (χ1v) is 13.6. The minimum atomic E-state index is -3.75. The SMILES string of the molecule is CCCCOc1ccc(S(=O)(=O)Nc2ccc(Oc3cc(-n4nc(C)c(C)c4C)nc(C)n3)cc2)cc1. The van der Waals surface area contributed by atoms with E-state index in [9.17, 15) is 8.42 Å². The molecule has 0 atom stereocenters. The van der Waals surface area contributed by atoms with Gasteiger partial charge in [-0.2, -0.15) is 10.1 Å². The molecular formula is C27H31N5O4S. The molecule has 0 radical (unpaired) electrons. The maximum atomic E-state index is 12.8. The van der Waals surface area contributed by atoms with Crippen molar-refractivity contribution in [2.24, 2.45) is 0 Å². The number of sulfonamides is 1. The first kappa shape index (κ1) is 26.2. The lowest BCUT2D eigenvalue weighted by molar-refractivity contribution is 0.309. The minimum Gasteiger partial charge on any atom is -0.494 e. The molecule has 2 aromatic heterocycles. The van der Waals surface area contributed by atoms with Gasteiger partial charge in [-0.3, -0.25) is 4.72 Å². The lowest BCUT2D eigenvalue weighted by Crippen LogP contribution is -2.12. The second-order valence-corrected chi connectivity index (χ2v) is 10.4. The number of unbranched alkanes of at least 4 members (excludes halogenated alkanes) is 1. The summed E-state index contributed by atoms with van der Waals surface area (Å²) in [5, 5.41) is 4.56. The van der Waals surface area contributed by atoms with E-state index in [0.717, 1.165) is 29.8 Å². The number of nitrogens with one attached hydrogen (secondary N) is 1. The van der Waals surface area contributed by atoms with Crippen LogP contribution in [-0.2, 0) is 10.0 Å². The fourth-order valence-corrected chi connectivity index (χ4v) is 4.66. The molecular weight excluding hydrogens is 490 g/mol. The van der Waals surface area contributed by atoms with Gasteiger partial charge in [-0.15, -0.1) is 0 Å². The number of anilines is 1. The third-order valence-corrected chi connectivity index (χ3v) is 7.30. The minimum absolute atomic E-state index is 0.152. The third kappa shape index (κ3) is 6.26. The van der Waals surface area contributed by atoms with Crippen LogP contribution in [0.5, 0.6) is 17.4 Å². The summed E-state index contributed by atoms with van der Waals surface area (Å²) in [6.45, 7) is 10.4. The van der Waals surface area contributed by atoms with Crippen molar-refractivity contribution in [3.8, 4) is 23.2 Å². The number of benzene rings is 2. The van der Waals surface area contributed by atoms with E-state index in [1.54, 1.807) is 54.1 Å².